The molecular weight excluding hydrogens is 348 g/mol. The van der Waals surface area contributed by atoms with E-state index in [0.717, 1.165) is 18.7 Å². The van der Waals surface area contributed by atoms with Crippen LogP contribution in [0.2, 0.25) is 25.7 Å². The van der Waals surface area contributed by atoms with Crippen LogP contribution in [0.25, 0.3) is 0 Å². The van der Waals surface area contributed by atoms with Crippen molar-refractivity contribution in [3.8, 4) is 0 Å². The van der Waals surface area contributed by atoms with E-state index in [0.29, 0.717) is 32.5 Å². The maximum atomic E-state index is 11.4. The van der Waals surface area contributed by atoms with Crippen LogP contribution < -0.4 is 0 Å². The van der Waals surface area contributed by atoms with E-state index in [-0.39, 0.29) is 11.8 Å². The molecule has 148 valence electrons. The van der Waals surface area contributed by atoms with Gasteiger partial charge in [-0.15, -0.1) is 5.10 Å². The van der Waals surface area contributed by atoms with E-state index < -0.39 is 8.07 Å². The number of aryl methyl sites for hydroxylation is 1. The Morgan fingerprint density at radius 2 is 1.88 bits per heavy atom. The van der Waals surface area contributed by atoms with Crippen LogP contribution in [0.3, 0.4) is 0 Å². The number of ether oxygens (including phenoxy) is 1. The molecule has 1 heterocycles. The second kappa shape index (κ2) is 11.2. The molecule has 0 fully saturated rings. The molecule has 1 aromatic rings. The van der Waals surface area contributed by atoms with Crippen LogP contribution >= 0.6 is 0 Å². The third kappa shape index (κ3) is 10.4. The highest BCUT2D eigenvalue weighted by Gasteiger charge is 2.14. The second-order valence-electron chi connectivity index (χ2n) is 8.05. The SMILES string of the molecule is COC(=O)CCN(CCC(C)=O)Cc1cn(CCCC[Si](C)(C)C)nn1. The third-order valence-corrected chi connectivity index (χ3v) is 6.03. The molecule has 0 spiro atoms. The first-order chi connectivity index (χ1) is 12.2. The van der Waals surface area contributed by atoms with E-state index in [2.05, 4.69) is 34.9 Å². The van der Waals surface area contributed by atoms with Crippen molar-refractivity contribution >= 4 is 19.8 Å². The Balaban J connectivity index is 2.49. The van der Waals surface area contributed by atoms with Crippen LogP contribution in [0.1, 0.15) is 38.3 Å². The molecule has 1 rings (SSSR count). The van der Waals surface area contributed by atoms with Crippen molar-refractivity contribution in [2.24, 2.45) is 0 Å². The van der Waals surface area contributed by atoms with Gasteiger partial charge in [0.05, 0.1) is 19.2 Å². The molecule has 8 heteroatoms. The van der Waals surface area contributed by atoms with Crippen molar-refractivity contribution in [1.29, 1.82) is 0 Å². The Morgan fingerprint density at radius 3 is 2.50 bits per heavy atom. The molecule has 0 N–H and O–H groups in total. The molecule has 0 aliphatic heterocycles. The Bertz CT molecular complexity index is 569. The molecule has 0 radical (unpaired) electrons. The molecule has 0 aromatic carbocycles. The molecule has 0 aliphatic carbocycles. The van der Waals surface area contributed by atoms with Gasteiger partial charge in [-0.2, -0.15) is 0 Å². The summed E-state index contributed by atoms with van der Waals surface area (Å²) >= 11 is 0. The van der Waals surface area contributed by atoms with E-state index >= 15 is 0 Å². The molecule has 1 aromatic heterocycles. The number of nitrogens with zero attached hydrogens (tertiary/aromatic N) is 4. The highest BCUT2D eigenvalue weighted by Crippen LogP contribution is 2.13. The first kappa shape index (κ1) is 22.5. The van der Waals surface area contributed by atoms with Gasteiger partial charge in [-0.05, 0) is 13.3 Å². The topological polar surface area (TPSA) is 77.3 Å². The summed E-state index contributed by atoms with van der Waals surface area (Å²) in [5, 5.41) is 8.44. The fourth-order valence-corrected chi connectivity index (χ4v) is 3.93. The Labute approximate surface area is 158 Å². The summed E-state index contributed by atoms with van der Waals surface area (Å²) in [6.45, 7) is 11.4. The molecule has 0 saturated carbocycles. The maximum absolute atomic E-state index is 11.4. The number of rotatable bonds is 13. The van der Waals surface area contributed by atoms with Crippen LogP contribution in [0, 0.1) is 0 Å². The van der Waals surface area contributed by atoms with Crippen LogP contribution in [-0.2, 0) is 27.4 Å². The minimum atomic E-state index is -0.969. The number of esters is 1. The zero-order valence-corrected chi connectivity index (χ0v) is 18.0. The summed E-state index contributed by atoms with van der Waals surface area (Å²) in [5.74, 6) is -0.108. The van der Waals surface area contributed by atoms with Gasteiger partial charge in [0, 0.05) is 46.9 Å². The molecule has 26 heavy (non-hydrogen) atoms. The van der Waals surface area contributed by atoms with Gasteiger partial charge in [0.1, 0.15) is 5.78 Å². The Morgan fingerprint density at radius 1 is 1.19 bits per heavy atom. The fourth-order valence-electron chi connectivity index (χ4n) is 2.62. The van der Waals surface area contributed by atoms with E-state index in [4.69, 9.17) is 4.74 Å². The van der Waals surface area contributed by atoms with Crippen molar-refractivity contribution in [3.63, 3.8) is 0 Å². The van der Waals surface area contributed by atoms with Crippen molar-refractivity contribution in [3.05, 3.63) is 11.9 Å². The number of methoxy groups -OCH3 is 1. The molecule has 0 saturated heterocycles. The van der Waals surface area contributed by atoms with Crippen molar-refractivity contribution in [1.82, 2.24) is 19.9 Å². The van der Waals surface area contributed by atoms with Gasteiger partial charge in [0.2, 0.25) is 0 Å². The smallest absolute Gasteiger partial charge is 0.306 e. The average molecular weight is 383 g/mol. The van der Waals surface area contributed by atoms with Crippen molar-refractivity contribution < 1.29 is 14.3 Å². The first-order valence-electron chi connectivity index (χ1n) is 9.37. The van der Waals surface area contributed by atoms with Gasteiger partial charge in [0.15, 0.2) is 0 Å². The summed E-state index contributed by atoms with van der Waals surface area (Å²) in [7, 11) is 0.415. The summed E-state index contributed by atoms with van der Waals surface area (Å²) in [6.07, 6.45) is 5.08. The Hall–Kier alpha value is -1.54. The lowest BCUT2D eigenvalue weighted by atomic mass is 10.2. The molecule has 0 unspecified atom stereocenters. The number of carbonyl (C=O) groups is 2. The number of hydrogen-bond acceptors (Lipinski definition) is 6. The van der Waals surface area contributed by atoms with E-state index in [9.17, 15) is 9.59 Å². The number of Topliss-reactive ketones (excluding diaryl/α,β-unsaturated/α-hetero) is 1. The zero-order valence-electron chi connectivity index (χ0n) is 17.0. The fraction of sp³-hybridized carbons (Fsp3) is 0.778. The lowest BCUT2D eigenvalue weighted by Gasteiger charge is -2.19. The van der Waals surface area contributed by atoms with E-state index in [1.807, 2.05) is 10.9 Å². The maximum Gasteiger partial charge on any atom is 0.306 e. The normalized spacial score (nSPS) is 11.8. The van der Waals surface area contributed by atoms with Crippen LogP contribution in [0.15, 0.2) is 6.20 Å². The van der Waals surface area contributed by atoms with Crippen LogP contribution in [0.5, 0.6) is 0 Å². The predicted molar refractivity (Wildman–Crippen MR) is 105 cm³/mol. The number of unbranched alkanes of at least 4 members (excludes halogenated alkanes) is 1. The lowest BCUT2D eigenvalue weighted by molar-refractivity contribution is -0.141. The minimum Gasteiger partial charge on any atom is -0.469 e. The van der Waals surface area contributed by atoms with Crippen LogP contribution in [0.4, 0.5) is 0 Å². The molecule has 0 amide bonds. The van der Waals surface area contributed by atoms with Gasteiger partial charge in [0.25, 0.3) is 0 Å². The zero-order chi connectivity index (χ0) is 19.6. The standard InChI is InChI=1S/C18H34N4O3Si/c1-16(23)8-11-21(12-9-18(24)25-2)14-17-15-22(20-19-17)10-6-7-13-26(3,4)5/h15H,6-14H2,1-5H3. The monoisotopic (exact) mass is 382 g/mol. The summed E-state index contributed by atoms with van der Waals surface area (Å²) in [6, 6.07) is 1.33. The highest BCUT2D eigenvalue weighted by atomic mass is 28.3. The van der Waals surface area contributed by atoms with Crippen molar-refractivity contribution in [2.75, 3.05) is 20.2 Å². The summed E-state index contributed by atoms with van der Waals surface area (Å²) < 4.78 is 6.59. The van der Waals surface area contributed by atoms with Gasteiger partial charge < -0.3 is 4.74 Å². The number of hydrogen-bond donors (Lipinski definition) is 0. The average Bonchev–Trinajstić information content (AvgIpc) is 3.00. The first-order valence-corrected chi connectivity index (χ1v) is 13.1. The molecule has 7 nitrogen and oxygen atoms in total. The highest BCUT2D eigenvalue weighted by molar-refractivity contribution is 6.76. The molecular formula is C18H34N4O3Si. The molecule has 0 atom stereocenters. The lowest BCUT2D eigenvalue weighted by Crippen LogP contribution is -2.28. The Kier molecular flexibility index (Phi) is 9.72. The van der Waals surface area contributed by atoms with E-state index in [1.54, 1.807) is 6.92 Å². The number of carbonyl (C=O) groups excluding carboxylic acids is 2. The summed E-state index contributed by atoms with van der Waals surface area (Å²) in [4.78, 5) is 24.7. The predicted octanol–water partition coefficient (Wildman–Crippen LogP) is 2.74. The van der Waals surface area contributed by atoms with E-state index in [1.165, 1.54) is 19.6 Å². The van der Waals surface area contributed by atoms with Crippen molar-refractivity contribution in [2.45, 2.75) is 71.4 Å². The molecule has 0 bridgehead atoms. The minimum absolute atomic E-state index is 0.138. The molecule has 0 aliphatic rings. The number of ketones is 1. The van der Waals surface area contributed by atoms with Gasteiger partial charge in [-0.3, -0.25) is 19.2 Å². The van der Waals surface area contributed by atoms with Gasteiger partial charge >= 0.3 is 5.97 Å². The summed E-state index contributed by atoms with van der Waals surface area (Å²) in [5.41, 5.74) is 0.864. The van der Waals surface area contributed by atoms with Gasteiger partial charge in [-0.25, -0.2) is 0 Å². The largest absolute Gasteiger partial charge is 0.469 e. The van der Waals surface area contributed by atoms with Crippen LogP contribution in [-0.4, -0.2) is 59.9 Å². The quantitative estimate of drug-likeness (QED) is 0.297. The third-order valence-electron chi connectivity index (χ3n) is 4.18. The second-order valence-corrected chi connectivity index (χ2v) is 13.7. The van der Waals surface area contributed by atoms with Gasteiger partial charge in [-0.1, -0.05) is 37.3 Å². The number of aromatic nitrogens is 3.